The minimum Gasteiger partial charge on any atom is -0.356 e. The minimum absolute atomic E-state index is 0.0105. The van der Waals surface area contributed by atoms with Gasteiger partial charge in [0.2, 0.25) is 11.8 Å². The van der Waals surface area contributed by atoms with E-state index in [9.17, 15) is 9.59 Å². The van der Waals surface area contributed by atoms with Crippen molar-refractivity contribution in [2.75, 3.05) is 13.1 Å². The summed E-state index contributed by atoms with van der Waals surface area (Å²) < 4.78 is 0. The van der Waals surface area contributed by atoms with Crippen molar-refractivity contribution in [2.45, 2.75) is 59.4 Å². The van der Waals surface area contributed by atoms with Crippen LogP contribution in [-0.2, 0) is 9.59 Å². The number of rotatable bonds is 10. The molecule has 0 spiro atoms. The molecule has 20 heavy (non-hydrogen) atoms. The Morgan fingerprint density at radius 2 is 1.70 bits per heavy atom. The van der Waals surface area contributed by atoms with E-state index in [1.807, 2.05) is 27.7 Å². The Kier molecular flexibility index (Phi) is 10.1. The lowest BCUT2D eigenvalue weighted by Gasteiger charge is -2.13. The molecule has 0 rings (SSSR count). The van der Waals surface area contributed by atoms with Gasteiger partial charge < -0.3 is 16.4 Å². The Labute approximate surface area is 123 Å². The first-order valence-corrected chi connectivity index (χ1v) is 7.63. The van der Waals surface area contributed by atoms with Gasteiger partial charge in [-0.05, 0) is 25.7 Å². The standard InChI is InChI=1S/C15H31N3O2/c1-11(2)10-18-14(19)8-9-17-15(20)12(3)6-5-7-13(4)16/h11-13H,5-10,16H2,1-4H3,(H,17,20)(H,18,19). The van der Waals surface area contributed by atoms with Crippen LogP contribution >= 0.6 is 0 Å². The van der Waals surface area contributed by atoms with Crippen molar-refractivity contribution in [1.82, 2.24) is 10.6 Å². The smallest absolute Gasteiger partial charge is 0.222 e. The zero-order valence-electron chi connectivity index (χ0n) is 13.4. The fraction of sp³-hybridized carbons (Fsp3) is 0.867. The molecule has 5 nitrogen and oxygen atoms in total. The fourth-order valence-corrected chi connectivity index (χ4v) is 1.76. The van der Waals surface area contributed by atoms with Gasteiger partial charge in [-0.1, -0.05) is 27.2 Å². The van der Waals surface area contributed by atoms with Crippen LogP contribution in [0.15, 0.2) is 0 Å². The van der Waals surface area contributed by atoms with Crippen molar-refractivity contribution in [3.8, 4) is 0 Å². The Bertz CT molecular complexity index is 291. The highest BCUT2D eigenvalue weighted by atomic mass is 16.2. The lowest BCUT2D eigenvalue weighted by Crippen LogP contribution is -2.34. The van der Waals surface area contributed by atoms with Gasteiger partial charge in [0, 0.05) is 31.5 Å². The number of carbonyl (C=O) groups excluding carboxylic acids is 2. The summed E-state index contributed by atoms with van der Waals surface area (Å²) in [7, 11) is 0. The second kappa shape index (κ2) is 10.7. The lowest BCUT2D eigenvalue weighted by molar-refractivity contribution is -0.125. The van der Waals surface area contributed by atoms with Crippen molar-refractivity contribution in [1.29, 1.82) is 0 Å². The molecule has 2 unspecified atom stereocenters. The molecule has 0 aromatic heterocycles. The molecular weight excluding hydrogens is 254 g/mol. The number of hydrogen-bond acceptors (Lipinski definition) is 3. The van der Waals surface area contributed by atoms with Crippen LogP contribution in [0.2, 0.25) is 0 Å². The molecule has 5 heteroatoms. The van der Waals surface area contributed by atoms with Crippen LogP contribution in [0, 0.1) is 11.8 Å². The predicted octanol–water partition coefficient (Wildman–Crippen LogP) is 1.42. The molecule has 0 saturated carbocycles. The summed E-state index contributed by atoms with van der Waals surface area (Å²) in [6.07, 6.45) is 3.08. The highest BCUT2D eigenvalue weighted by Crippen LogP contribution is 2.08. The summed E-state index contributed by atoms with van der Waals surface area (Å²) in [5, 5.41) is 5.64. The van der Waals surface area contributed by atoms with Crippen LogP contribution in [0.3, 0.4) is 0 Å². The van der Waals surface area contributed by atoms with E-state index in [-0.39, 0.29) is 23.8 Å². The molecule has 2 atom stereocenters. The predicted molar refractivity (Wildman–Crippen MR) is 82.1 cm³/mol. The number of nitrogens with two attached hydrogens (primary N) is 1. The number of amides is 2. The van der Waals surface area contributed by atoms with Crippen molar-refractivity contribution in [3.63, 3.8) is 0 Å². The Balaban J connectivity index is 3.68. The average molecular weight is 285 g/mol. The van der Waals surface area contributed by atoms with Gasteiger partial charge in [-0.15, -0.1) is 0 Å². The van der Waals surface area contributed by atoms with Crippen molar-refractivity contribution >= 4 is 11.8 Å². The maximum absolute atomic E-state index is 11.8. The molecule has 0 aliphatic carbocycles. The summed E-state index contributed by atoms with van der Waals surface area (Å²) in [6, 6.07) is 0.190. The van der Waals surface area contributed by atoms with Gasteiger partial charge in [0.25, 0.3) is 0 Å². The molecule has 0 fully saturated rings. The Hall–Kier alpha value is -1.10. The SMILES string of the molecule is CC(C)CNC(=O)CCNC(=O)C(C)CCCC(C)N. The highest BCUT2D eigenvalue weighted by molar-refractivity contribution is 5.80. The largest absolute Gasteiger partial charge is 0.356 e. The third kappa shape index (κ3) is 10.8. The zero-order valence-corrected chi connectivity index (χ0v) is 13.4. The molecule has 4 N–H and O–H groups in total. The van der Waals surface area contributed by atoms with Crippen LogP contribution < -0.4 is 16.4 Å². The van der Waals surface area contributed by atoms with Gasteiger partial charge in [0.15, 0.2) is 0 Å². The van der Waals surface area contributed by atoms with Gasteiger partial charge in [-0.2, -0.15) is 0 Å². The molecule has 0 saturated heterocycles. The third-order valence-corrected chi connectivity index (χ3v) is 3.10. The molecule has 0 bridgehead atoms. The van der Waals surface area contributed by atoms with Crippen molar-refractivity contribution in [2.24, 2.45) is 17.6 Å². The van der Waals surface area contributed by atoms with Gasteiger partial charge in [-0.25, -0.2) is 0 Å². The minimum atomic E-state index is -0.0209. The maximum atomic E-state index is 11.8. The number of carbonyl (C=O) groups is 2. The maximum Gasteiger partial charge on any atom is 0.222 e. The van der Waals surface area contributed by atoms with E-state index in [1.54, 1.807) is 0 Å². The molecule has 0 aromatic carbocycles. The first-order chi connectivity index (χ1) is 9.32. The van der Waals surface area contributed by atoms with E-state index < -0.39 is 0 Å². The highest BCUT2D eigenvalue weighted by Gasteiger charge is 2.12. The van der Waals surface area contributed by atoms with Gasteiger partial charge in [0.1, 0.15) is 0 Å². The second-order valence-corrected chi connectivity index (χ2v) is 6.05. The number of hydrogen-bond donors (Lipinski definition) is 3. The summed E-state index contributed by atoms with van der Waals surface area (Å²) in [5.74, 6) is 0.431. The second-order valence-electron chi connectivity index (χ2n) is 6.05. The summed E-state index contributed by atoms with van der Waals surface area (Å²) >= 11 is 0. The lowest BCUT2D eigenvalue weighted by atomic mass is 10.0. The molecule has 0 aromatic rings. The van der Waals surface area contributed by atoms with Crippen LogP contribution in [0.5, 0.6) is 0 Å². The van der Waals surface area contributed by atoms with Crippen LogP contribution in [0.4, 0.5) is 0 Å². The molecule has 0 aliphatic rings. The van der Waals surface area contributed by atoms with Crippen LogP contribution in [0.1, 0.15) is 53.4 Å². The molecule has 2 amide bonds. The number of nitrogens with one attached hydrogen (secondary N) is 2. The summed E-state index contributed by atoms with van der Waals surface area (Å²) in [5.41, 5.74) is 5.67. The third-order valence-electron chi connectivity index (χ3n) is 3.10. The van der Waals surface area contributed by atoms with Crippen molar-refractivity contribution in [3.05, 3.63) is 0 Å². The van der Waals surface area contributed by atoms with Crippen LogP contribution in [-0.4, -0.2) is 30.9 Å². The van der Waals surface area contributed by atoms with E-state index in [2.05, 4.69) is 10.6 Å². The molecule has 0 radical (unpaired) electrons. The first-order valence-electron chi connectivity index (χ1n) is 7.63. The molecular formula is C15H31N3O2. The van der Waals surface area contributed by atoms with Gasteiger partial charge >= 0.3 is 0 Å². The molecule has 118 valence electrons. The first kappa shape index (κ1) is 18.9. The average Bonchev–Trinajstić information content (AvgIpc) is 2.35. The van der Waals surface area contributed by atoms with E-state index in [1.165, 1.54) is 0 Å². The van der Waals surface area contributed by atoms with Crippen LogP contribution in [0.25, 0.3) is 0 Å². The Morgan fingerprint density at radius 1 is 1.05 bits per heavy atom. The molecule has 0 heterocycles. The fourth-order valence-electron chi connectivity index (χ4n) is 1.76. The summed E-state index contributed by atoms with van der Waals surface area (Å²) in [6.45, 7) is 9.06. The normalized spacial score (nSPS) is 13.9. The van der Waals surface area contributed by atoms with Gasteiger partial charge in [-0.3, -0.25) is 9.59 Å². The van der Waals surface area contributed by atoms with Gasteiger partial charge in [0.05, 0.1) is 0 Å². The monoisotopic (exact) mass is 285 g/mol. The van der Waals surface area contributed by atoms with E-state index >= 15 is 0 Å². The van der Waals surface area contributed by atoms with E-state index in [0.29, 0.717) is 25.4 Å². The Morgan fingerprint density at radius 3 is 2.25 bits per heavy atom. The van der Waals surface area contributed by atoms with E-state index in [0.717, 1.165) is 19.3 Å². The quantitative estimate of drug-likeness (QED) is 0.567. The van der Waals surface area contributed by atoms with Crippen molar-refractivity contribution < 1.29 is 9.59 Å². The molecule has 0 aliphatic heterocycles. The zero-order chi connectivity index (χ0) is 15.5. The van der Waals surface area contributed by atoms with E-state index in [4.69, 9.17) is 5.73 Å². The topological polar surface area (TPSA) is 84.2 Å². The summed E-state index contributed by atoms with van der Waals surface area (Å²) in [4.78, 5) is 23.3.